The Morgan fingerprint density at radius 2 is 1.67 bits per heavy atom. The standard InChI is InChI=1S/C17H18N2.C4H4O4/c1-11-3-4-12(2)16-9-13(5-6-15(11)16)17-10-14(18)7-8-19-17;5-3(6)1-2-4(7)8/h3-4,7-10H,5-6H2,1-2H3,(H2,18,19);1-2H,(H,5,6)(H,7,8). The Morgan fingerprint density at radius 1 is 1.04 bits per heavy atom. The number of benzene rings is 1. The van der Waals surface area contributed by atoms with E-state index < -0.39 is 11.9 Å². The molecule has 1 aromatic carbocycles. The highest BCUT2D eigenvalue weighted by atomic mass is 16.4. The van der Waals surface area contributed by atoms with E-state index in [1.807, 2.05) is 12.1 Å². The van der Waals surface area contributed by atoms with Gasteiger partial charge in [0.15, 0.2) is 0 Å². The van der Waals surface area contributed by atoms with E-state index in [1.54, 1.807) is 6.20 Å². The maximum absolute atomic E-state index is 9.55. The van der Waals surface area contributed by atoms with Crippen molar-refractivity contribution in [3.05, 3.63) is 70.6 Å². The van der Waals surface area contributed by atoms with E-state index in [4.69, 9.17) is 15.9 Å². The van der Waals surface area contributed by atoms with Crippen LogP contribution in [0.1, 0.15) is 34.4 Å². The van der Waals surface area contributed by atoms with E-state index in [1.165, 1.54) is 27.8 Å². The topological polar surface area (TPSA) is 114 Å². The van der Waals surface area contributed by atoms with Gasteiger partial charge < -0.3 is 15.9 Å². The Hall–Kier alpha value is -3.41. The normalized spacial score (nSPS) is 12.6. The van der Waals surface area contributed by atoms with Crippen molar-refractivity contribution in [3.8, 4) is 0 Å². The Balaban J connectivity index is 0.000000279. The molecule has 27 heavy (non-hydrogen) atoms. The lowest BCUT2D eigenvalue weighted by Crippen LogP contribution is -2.04. The molecule has 6 nitrogen and oxygen atoms in total. The molecular weight excluding hydrogens is 344 g/mol. The van der Waals surface area contributed by atoms with E-state index >= 15 is 0 Å². The number of carbonyl (C=O) groups is 2. The van der Waals surface area contributed by atoms with Crippen LogP contribution in [0.15, 0.2) is 42.6 Å². The van der Waals surface area contributed by atoms with Gasteiger partial charge in [-0.3, -0.25) is 4.98 Å². The third-order valence-electron chi connectivity index (χ3n) is 4.25. The van der Waals surface area contributed by atoms with E-state index in [0.717, 1.165) is 24.2 Å². The summed E-state index contributed by atoms with van der Waals surface area (Å²) in [6.45, 7) is 4.36. The predicted octanol–water partition coefficient (Wildman–Crippen LogP) is 3.48. The fourth-order valence-corrected chi connectivity index (χ4v) is 2.90. The molecule has 0 spiro atoms. The number of fused-ring (bicyclic) bond motifs is 1. The first-order chi connectivity index (χ1) is 12.8. The number of hydrogen-bond acceptors (Lipinski definition) is 4. The Labute approximate surface area is 157 Å². The van der Waals surface area contributed by atoms with Gasteiger partial charge in [0.05, 0.1) is 5.69 Å². The number of carboxylic acid groups (broad SMARTS) is 2. The van der Waals surface area contributed by atoms with Gasteiger partial charge in [-0.05, 0) is 72.7 Å². The van der Waals surface area contributed by atoms with Crippen LogP contribution in [0.3, 0.4) is 0 Å². The summed E-state index contributed by atoms with van der Waals surface area (Å²) in [5, 5.41) is 15.6. The number of rotatable bonds is 3. The number of pyridine rings is 1. The van der Waals surface area contributed by atoms with Crippen LogP contribution in [0.5, 0.6) is 0 Å². The van der Waals surface area contributed by atoms with Crippen LogP contribution in [0, 0.1) is 13.8 Å². The SMILES string of the molecule is Cc1ccc(C)c2c1C=C(c1cc(N)ccn1)CC2.O=C(O)C=CC(=O)O. The van der Waals surface area contributed by atoms with Crippen molar-refractivity contribution in [1.82, 2.24) is 4.98 Å². The van der Waals surface area contributed by atoms with Crippen LogP contribution in [0.4, 0.5) is 5.69 Å². The van der Waals surface area contributed by atoms with Gasteiger partial charge in [0.2, 0.25) is 0 Å². The molecule has 0 atom stereocenters. The molecule has 0 saturated heterocycles. The number of aryl methyl sites for hydroxylation is 2. The third-order valence-corrected chi connectivity index (χ3v) is 4.25. The number of hydrogen-bond donors (Lipinski definition) is 3. The molecule has 0 amide bonds. The van der Waals surface area contributed by atoms with Crippen LogP contribution >= 0.6 is 0 Å². The number of nitrogens with two attached hydrogens (primary N) is 1. The quantitative estimate of drug-likeness (QED) is 0.717. The number of aliphatic carboxylic acids is 2. The summed E-state index contributed by atoms with van der Waals surface area (Å²) >= 11 is 0. The van der Waals surface area contributed by atoms with Crippen LogP contribution < -0.4 is 5.73 Å². The van der Waals surface area contributed by atoms with E-state index in [9.17, 15) is 9.59 Å². The molecule has 2 aromatic rings. The maximum atomic E-state index is 9.55. The first-order valence-electron chi connectivity index (χ1n) is 8.43. The zero-order valence-corrected chi connectivity index (χ0v) is 15.3. The van der Waals surface area contributed by atoms with Crippen LogP contribution in [0.2, 0.25) is 0 Å². The molecule has 1 aliphatic rings. The average Bonchev–Trinajstić information content (AvgIpc) is 2.63. The zero-order chi connectivity index (χ0) is 20.0. The monoisotopic (exact) mass is 366 g/mol. The highest BCUT2D eigenvalue weighted by Gasteiger charge is 2.16. The Bertz CT molecular complexity index is 914. The summed E-state index contributed by atoms with van der Waals surface area (Å²) in [5.74, 6) is -2.51. The van der Waals surface area contributed by atoms with Crippen LogP contribution in [-0.2, 0) is 16.0 Å². The number of nitrogen functional groups attached to an aromatic ring is 1. The lowest BCUT2D eigenvalue weighted by Gasteiger charge is -2.20. The number of allylic oxidation sites excluding steroid dienone is 1. The second kappa shape index (κ2) is 8.80. The zero-order valence-electron chi connectivity index (χ0n) is 15.3. The number of carboxylic acids is 2. The lowest BCUT2D eigenvalue weighted by atomic mass is 9.85. The summed E-state index contributed by atoms with van der Waals surface area (Å²) in [5.41, 5.74) is 14.5. The molecule has 0 radical (unpaired) electrons. The lowest BCUT2D eigenvalue weighted by molar-refractivity contribution is -0.134. The molecule has 1 aromatic heterocycles. The minimum Gasteiger partial charge on any atom is -0.478 e. The summed E-state index contributed by atoms with van der Waals surface area (Å²) in [6, 6.07) is 8.20. The highest BCUT2D eigenvalue weighted by molar-refractivity contribution is 5.89. The van der Waals surface area contributed by atoms with E-state index in [2.05, 4.69) is 37.0 Å². The molecule has 3 rings (SSSR count). The fourth-order valence-electron chi connectivity index (χ4n) is 2.90. The van der Waals surface area contributed by atoms with Gasteiger partial charge >= 0.3 is 11.9 Å². The molecule has 0 aliphatic heterocycles. The molecule has 0 bridgehead atoms. The van der Waals surface area contributed by atoms with Crippen molar-refractivity contribution in [2.24, 2.45) is 0 Å². The predicted molar refractivity (Wildman–Crippen MR) is 105 cm³/mol. The fraction of sp³-hybridized carbons (Fsp3) is 0.190. The molecule has 0 saturated carbocycles. The minimum atomic E-state index is -1.26. The Kier molecular flexibility index (Phi) is 6.49. The molecule has 0 fully saturated rings. The highest BCUT2D eigenvalue weighted by Crippen LogP contribution is 2.33. The first kappa shape index (κ1) is 19.9. The van der Waals surface area contributed by atoms with Crippen molar-refractivity contribution in [2.75, 3.05) is 5.73 Å². The smallest absolute Gasteiger partial charge is 0.328 e. The van der Waals surface area contributed by atoms with Gasteiger partial charge in [0.1, 0.15) is 0 Å². The molecule has 0 unspecified atom stereocenters. The Morgan fingerprint density at radius 3 is 2.26 bits per heavy atom. The second-order valence-corrected chi connectivity index (χ2v) is 6.25. The van der Waals surface area contributed by atoms with Gasteiger partial charge in [-0.15, -0.1) is 0 Å². The summed E-state index contributed by atoms with van der Waals surface area (Å²) in [7, 11) is 0. The minimum absolute atomic E-state index is 0.558. The molecule has 1 heterocycles. The van der Waals surface area contributed by atoms with Crippen molar-refractivity contribution in [2.45, 2.75) is 26.7 Å². The van der Waals surface area contributed by atoms with Crippen molar-refractivity contribution >= 4 is 29.3 Å². The van der Waals surface area contributed by atoms with Crippen molar-refractivity contribution < 1.29 is 19.8 Å². The largest absolute Gasteiger partial charge is 0.478 e. The first-order valence-corrected chi connectivity index (χ1v) is 8.43. The average molecular weight is 366 g/mol. The number of aromatic nitrogens is 1. The van der Waals surface area contributed by atoms with Gasteiger partial charge in [-0.25, -0.2) is 9.59 Å². The van der Waals surface area contributed by atoms with Crippen molar-refractivity contribution in [3.63, 3.8) is 0 Å². The number of anilines is 1. The summed E-state index contributed by atoms with van der Waals surface area (Å²) in [4.78, 5) is 23.5. The molecule has 140 valence electrons. The van der Waals surface area contributed by atoms with E-state index in [-0.39, 0.29) is 0 Å². The number of nitrogens with zero attached hydrogens (tertiary/aromatic N) is 1. The van der Waals surface area contributed by atoms with Gasteiger partial charge in [-0.2, -0.15) is 0 Å². The van der Waals surface area contributed by atoms with E-state index in [0.29, 0.717) is 12.2 Å². The van der Waals surface area contributed by atoms with Gasteiger partial charge in [0.25, 0.3) is 0 Å². The second-order valence-electron chi connectivity index (χ2n) is 6.25. The molecule has 1 aliphatic carbocycles. The van der Waals surface area contributed by atoms with Gasteiger partial charge in [-0.1, -0.05) is 12.1 Å². The van der Waals surface area contributed by atoms with Crippen LogP contribution in [0.25, 0.3) is 11.6 Å². The molecule has 4 N–H and O–H groups in total. The van der Waals surface area contributed by atoms with Crippen LogP contribution in [-0.4, -0.2) is 27.1 Å². The van der Waals surface area contributed by atoms with Gasteiger partial charge in [0, 0.05) is 24.0 Å². The summed E-state index contributed by atoms with van der Waals surface area (Å²) in [6.07, 6.45) is 7.30. The molecular formula is C21H22N2O4. The summed E-state index contributed by atoms with van der Waals surface area (Å²) < 4.78 is 0. The van der Waals surface area contributed by atoms with Crippen molar-refractivity contribution in [1.29, 1.82) is 0 Å². The molecule has 6 heteroatoms. The maximum Gasteiger partial charge on any atom is 0.328 e. The third kappa shape index (κ3) is 5.54.